The molecule has 1 N–H and O–H groups in total. The van der Waals surface area contributed by atoms with Gasteiger partial charge in [-0.25, -0.2) is 0 Å². The Morgan fingerprint density at radius 1 is 1.44 bits per heavy atom. The highest BCUT2D eigenvalue weighted by molar-refractivity contribution is 6.30. The van der Waals surface area contributed by atoms with Crippen molar-refractivity contribution in [1.82, 2.24) is 15.0 Å². The lowest BCUT2D eigenvalue weighted by Gasteiger charge is -2.08. The van der Waals surface area contributed by atoms with E-state index in [4.69, 9.17) is 16.3 Å². The minimum atomic E-state index is 0.626. The van der Waals surface area contributed by atoms with Crippen molar-refractivity contribution in [3.05, 3.63) is 29.4 Å². The molecule has 0 aliphatic carbocycles. The molecule has 5 nitrogen and oxygen atoms in total. The first kappa shape index (κ1) is 10.8. The van der Waals surface area contributed by atoms with Crippen molar-refractivity contribution in [2.45, 2.75) is 0 Å². The van der Waals surface area contributed by atoms with Crippen molar-refractivity contribution in [3.8, 4) is 5.75 Å². The summed E-state index contributed by atoms with van der Waals surface area (Å²) in [5.41, 5.74) is 0.799. The van der Waals surface area contributed by atoms with Gasteiger partial charge in [-0.05, 0) is 12.1 Å². The van der Waals surface area contributed by atoms with Crippen molar-refractivity contribution >= 4 is 23.1 Å². The highest BCUT2D eigenvalue weighted by Crippen LogP contribution is 2.29. The first-order valence-corrected chi connectivity index (χ1v) is 5.04. The molecule has 0 saturated carbocycles. The number of halogens is 1. The van der Waals surface area contributed by atoms with Crippen molar-refractivity contribution in [1.29, 1.82) is 0 Å². The summed E-state index contributed by atoms with van der Waals surface area (Å²) in [4.78, 5) is 1.48. The Morgan fingerprint density at radius 3 is 2.88 bits per heavy atom. The van der Waals surface area contributed by atoms with Crippen LogP contribution in [0.5, 0.6) is 5.75 Å². The van der Waals surface area contributed by atoms with Gasteiger partial charge in [0, 0.05) is 18.1 Å². The predicted octanol–water partition coefficient (Wildman–Crippen LogP) is 2.22. The van der Waals surface area contributed by atoms with Crippen LogP contribution in [0.1, 0.15) is 0 Å². The maximum atomic E-state index is 5.86. The van der Waals surface area contributed by atoms with Gasteiger partial charge >= 0.3 is 0 Å². The largest absolute Gasteiger partial charge is 0.495 e. The van der Waals surface area contributed by atoms with E-state index in [9.17, 15) is 0 Å². The van der Waals surface area contributed by atoms with Gasteiger partial charge in [-0.15, -0.1) is 5.10 Å². The van der Waals surface area contributed by atoms with E-state index in [1.807, 2.05) is 6.07 Å². The van der Waals surface area contributed by atoms with E-state index < -0.39 is 0 Å². The Labute approximate surface area is 98.0 Å². The molecule has 0 unspecified atom stereocenters. The van der Waals surface area contributed by atoms with Crippen LogP contribution in [0.25, 0.3) is 0 Å². The highest BCUT2D eigenvalue weighted by Gasteiger charge is 2.05. The standard InChI is InChI=1S/C10H11ClN4O/c1-15-12-6-10(14-15)13-8-4-3-7(11)5-9(8)16-2/h3-6H,1-2H3,(H,13,14). The number of benzene rings is 1. The minimum absolute atomic E-state index is 0.626. The average Bonchev–Trinajstić information content (AvgIpc) is 2.67. The maximum Gasteiger partial charge on any atom is 0.173 e. The number of nitrogens with zero attached hydrogens (tertiary/aromatic N) is 3. The lowest BCUT2D eigenvalue weighted by atomic mass is 10.3. The van der Waals surface area contributed by atoms with Crippen molar-refractivity contribution in [2.75, 3.05) is 12.4 Å². The van der Waals surface area contributed by atoms with Gasteiger partial charge in [-0.3, -0.25) is 0 Å². The van der Waals surface area contributed by atoms with Crippen LogP contribution >= 0.6 is 11.6 Å². The zero-order chi connectivity index (χ0) is 11.5. The van der Waals surface area contributed by atoms with Crippen LogP contribution in [0.4, 0.5) is 11.5 Å². The summed E-state index contributed by atoms with van der Waals surface area (Å²) in [5, 5.41) is 11.8. The Bertz CT molecular complexity index is 497. The monoisotopic (exact) mass is 238 g/mol. The Hall–Kier alpha value is -1.75. The third-order valence-electron chi connectivity index (χ3n) is 2.03. The van der Waals surface area contributed by atoms with E-state index >= 15 is 0 Å². The zero-order valence-corrected chi connectivity index (χ0v) is 9.69. The van der Waals surface area contributed by atoms with E-state index in [0.29, 0.717) is 16.6 Å². The van der Waals surface area contributed by atoms with E-state index in [1.54, 1.807) is 32.5 Å². The van der Waals surface area contributed by atoms with Crippen molar-refractivity contribution in [2.24, 2.45) is 7.05 Å². The van der Waals surface area contributed by atoms with Gasteiger partial charge in [0.05, 0.1) is 19.0 Å². The average molecular weight is 239 g/mol. The second-order valence-corrected chi connectivity index (χ2v) is 3.63. The molecule has 16 heavy (non-hydrogen) atoms. The zero-order valence-electron chi connectivity index (χ0n) is 8.94. The van der Waals surface area contributed by atoms with Gasteiger partial charge in [-0.2, -0.15) is 9.90 Å². The van der Waals surface area contributed by atoms with Crippen LogP contribution in [-0.2, 0) is 7.05 Å². The third kappa shape index (κ3) is 2.25. The van der Waals surface area contributed by atoms with Crippen LogP contribution in [-0.4, -0.2) is 22.1 Å². The molecule has 84 valence electrons. The van der Waals surface area contributed by atoms with Crippen LogP contribution < -0.4 is 10.1 Å². The van der Waals surface area contributed by atoms with E-state index in [-0.39, 0.29) is 0 Å². The molecule has 6 heteroatoms. The van der Waals surface area contributed by atoms with E-state index in [1.165, 1.54) is 4.80 Å². The number of aromatic nitrogens is 3. The SMILES string of the molecule is COc1cc(Cl)ccc1Nc1cnn(C)n1. The number of ether oxygens (including phenoxy) is 1. The smallest absolute Gasteiger partial charge is 0.173 e. The third-order valence-corrected chi connectivity index (χ3v) is 2.26. The second-order valence-electron chi connectivity index (χ2n) is 3.19. The fraction of sp³-hybridized carbons (Fsp3) is 0.200. The fourth-order valence-electron chi connectivity index (χ4n) is 1.31. The molecule has 2 rings (SSSR count). The molecule has 0 fully saturated rings. The molecule has 1 aromatic heterocycles. The molecule has 1 heterocycles. The predicted molar refractivity (Wildman–Crippen MR) is 62.3 cm³/mol. The normalized spacial score (nSPS) is 10.2. The van der Waals surface area contributed by atoms with Gasteiger partial charge in [0.1, 0.15) is 5.75 Å². The molecule has 0 bridgehead atoms. The summed E-state index contributed by atoms with van der Waals surface area (Å²) in [6.45, 7) is 0. The molecule has 0 aliphatic heterocycles. The highest BCUT2D eigenvalue weighted by atomic mass is 35.5. The first-order chi connectivity index (χ1) is 7.69. The van der Waals surface area contributed by atoms with E-state index in [0.717, 1.165) is 5.69 Å². The topological polar surface area (TPSA) is 52.0 Å². The number of hydrogen-bond acceptors (Lipinski definition) is 4. The summed E-state index contributed by atoms with van der Waals surface area (Å²) in [6.07, 6.45) is 1.63. The molecule has 0 amide bonds. The summed E-state index contributed by atoms with van der Waals surface area (Å²) in [7, 11) is 3.35. The fourth-order valence-corrected chi connectivity index (χ4v) is 1.47. The molecule has 0 aliphatic rings. The molecule has 0 saturated heterocycles. The number of nitrogens with one attached hydrogen (secondary N) is 1. The van der Waals surface area contributed by atoms with Gasteiger partial charge in [0.2, 0.25) is 0 Å². The van der Waals surface area contributed by atoms with Gasteiger partial charge < -0.3 is 10.1 Å². The molecule has 0 radical (unpaired) electrons. The molecular formula is C10H11ClN4O. The molecule has 0 spiro atoms. The lowest BCUT2D eigenvalue weighted by molar-refractivity contribution is 0.417. The Balaban J connectivity index is 2.27. The molecular weight excluding hydrogens is 228 g/mol. The van der Waals surface area contributed by atoms with E-state index in [2.05, 4.69) is 15.5 Å². The second kappa shape index (κ2) is 4.40. The first-order valence-electron chi connectivity index (χ1n) is 4.66. The molecule has 2 aromatic rings. The Morgan fingerprint density at radius 2 is 2.25 bits per heavy atom. The van der Waals surface area contributed by atoms with Crippen LogP contribution in [0.15, 0.2) is 24.4 Å². The van der Waals surface area contributed by atoms with Gasteiger partial charge in [-0.1, -0.05) is 11.6 Å². The molecule has 0 atom stereocenters. The minimum Gasteiger partial charge on any atom is -0.495 e. The number of aryl methyl sites for hydroxylation is 1. The number of hydrogen-bond donors (Lipinski definition) is 1. The quantitative estimate of drug-likeness (QED) is 0.891. The van der Waals surface area contributed by atoms with Crippen LogP contribution in [0.3, 0.4) is 0 Å². The molecule has 1 aromatic carbocycles. The summed E-state index contributed by atoms with van der Waals surface area (Å²) >= 11 is 5.86. The summed E-state index contributed by atoms with van der Waals surface area (Å²) in [6, 6.07) is 5.35. The summed E-state index contributed by atoms with van der Waals surface area (Å²) < 4.78 is 5.20. The van der Waals surface area contributed by atoms with Gasteiger partial charge in [0.25, 0.3) is 0 Å². The number of methoxy groups -OCH3 is 1. The van der Waals surface area contributed by atoms with Gasteiger partial charge in [0.15, 0.2) is 5.82 Å². The number of anilines is 2. The van der Waals surface area contributed by atoms with Crippen LogP contribution in [0.2, 0.25) is 5.02 Å². The summed E-state index contributed by atoms with van der Waals surface area (Å²) in [5.74, 6) is 1.32. The van der Waals surface area contributed by atoms with Crippen molar-refractivity contribution in [3.63, 3.8) is 0 Å². The lowest BCUT2D eigenvalue weighted by Crippen LogP contribution is -1.97. The van der Waals surface area contributed by atoms with Crippen molar-refractivity contribution < 1.29 is 4.74 Å². The van der Waals surface area contributed by atoms with Crippen LogP contribution in [0, 0.1) is 0 Å². The number of rotatable bonds is 3. The maximum absolute atomic E-state index is 5.86. The Kier molecular flexibility index (Phi) is 2.96.